The maximum atomic E-state index is 12.9. The van der Waals surface area contributed by atoms with Gasteiger partial charge in [-0.25, -0.2) is 0 Å². The number of hydrogen-bond donors (Lipinski definition) is 0. The molecule has 0 fully saturated rings. The zero-order valence-corrected chi connectivity index (χ0v) is 45.6. The van der Waals surface area contributed by atoms with Crippen molar-refractivity contribution in [3.05, 3.63) is 72.9 Å². The van der Waals surface area contributed by atoms with Gasteiger partial charge in [0.2, 0.25) is 0 Å². The lowest BCUT2D eigenvalue weighted by Crippen LogP contribution is -2.30. The van der Waals surface area contributed by atoms with Crippen LogP contribution in [0.25, 0.3) is 0 Å². The molecular formula is C63H110O6. The minimum atomic E-state index is -0.783. The molecule has 0 radical (unpaired) electrons. The second-order valence-corrected chi connectivity index (χ2v) is 19.5. The molecule has 0 bridgehead atoms. The molecule has 1 unspecified atom stereocenters. The van der Waals surface area contributed by atoms with Crippen molar-refractivity contribution in [3.63, 3.8) is 0 Å². The predicted octanol–water partition coefficient (Wildman–Crippen LogP) is 19.8. The first-order valence-corrected chi connectivity index (χ1v) is 29.4. The second-order valence-electron chi connectivity index (χ2n) is 19.5. The van der Waals surface area contributed by atoms with Crippen molar-refractivity contribution < 1.29 is 28.6 Å². The predicted molar refractivity (Wildman–Crippen MR) is 298 cm³/mol. The Kier molecular flexibility index (Phi) is 54.8. The van der Waals surface area contributed by atoms with Gasteiger partial charge in [0.15, 0.2) is 6.10 Å². The molecule has 0 aromatic heterocycles. The van der Waals surface area contributed by atoms with Crippen molar-refractivity contribution >= 4 is 17.9 Å². The molecule has 0 aliphatic heterocycles. The number of hydrogen-bond acceptors (Lipinski definition) is 6. The maximum absolute atomic E-state index is 12.9. The fraction of sp³-hybridized carbons (Fsp3) is 0.762. The normalized spacial score (nSPS) is 12.6. The van der Waals surface area contributed by atoms with Gasteiger partial charge in [0.25, 0.3) is 0 Å². The monoisotopic (exact) mass is 963 g/mol. The van der Waals surface area contributed by atoms with Crippen LogP contribution in [0.3, 0.4) is 0 Å². The highest BCUT2D eigenvalue weighted by atomic mass is 16.6. The van der Waals surface area contributed by atoms with Gasteiger partial charge in [-0.15, -0.1) is 0 Å². The van der Waals surface area contributed by atoms with Gasteiger partial charge in [0.1, 0.15) is 13.2 Å². The minimum Gasteiger partial charge on any atom is -0.462 e. The molecule has 0 aromatic rings. The van der Waals surface area contributed by atoms with Gasteiger partial charge in [0, 0.05) is 19.3 Å². The maximum Gasteiger partial charge on any atom is 0.306 e. The van der Waals surface area contributed by atoms with E-state index in [1.54, 1.807) is 0 Å². The molecule has 0 amide bonds. The van der Waals surface area contributed by atoms with Crippen LogP contribution in [0.1, 0.15) is 290 Å². The summed E-state index contributed by atoms with van der Waals surface area (Å²) in [5.41, 5.74) is 0. The summed E-state index contributed by atoms with van der Waals surface area (Å²) in [5.74, 6) is -0.892. The summed E-state index contributed by atoms with van der Waals surface area (Å²) in [6, 6.07) is 0. The Labute approximate surface area is 427 Å². The van der Waals surface area contributed by atoms with Crippen molar-refractivity contribution in [2.24, 2.45) is 0 Å². The van der Waals surface area contributed by atoms with E-state index in [1.807, 2.05) is 0 Å². The Morgan fingerprint density at radius 1 is 0.304 bits per heavy atom. The Morgan fingerprint density at radius 3 is 0.942 bits per heavy atom. The number of unbranched alkanes of at least 4 members (excludes halogenated alkanes) is 30. The van der Waals surface area contributed by atoms with Crippen LogP contribution in [0.4, 0.5) is 0 Å². The standard InChI is InChI=1S/C63H110O6/c1-4-7-10-13-16-19-22-25-27-29-30-31-32-34-35-38-41-44-47-50-53-56-62(65)68-59-60(58-67-61(64)55-52-49-46-43-40-37-24-21-18-15-12-9-6-3)69-63(66)57-54-51-48-45-42-39-36-33-28-26-23-20-17-14-11-8-5-2/h7,10,12,15-16,19,21,24-25,27,30-31,60H,4-6,8-9,11,13-14,17-18,20,22-23,26,28-29,32-59H2,1-3H3/b10-7-,15-12-,19-16-,24-21-,27-25-,31-30-. The number of carbonyl (C=O) groups excluding carboxylic acids is 3. The average Bonchev–Trinajstić information content (AvgIpc) is 3.35. The van der Waals surface area contributed by atoms with E-state index in [4.69, 9.17) is 14.2 Å². The van der Waals surface area contributed by atoms with Crippen molar-refractivity contribution in [1.29, 1.82) is 0 Å². The van der Waals surface area contributed by atoms with Gasteiger partial charge in [0.05, 0.1) is 0 Å². The van der Waals surface area contributed by atoms with E-state index < -0.39 is 6.10 Å². The van der Waals surface area contributed by atoms with E-state index in [0.717, 1.165) is 116 Å². The fourth-order valence-corrected chi connectivity index (χ4v) is 8.30. The average molecular weight is 964 g/mol. The number of ether oxygens (including phenoxy) is 3. The largest absolute Gasteiger partial charge is 0.462 e. The highest BCUT2D eigenvalue weighted by Gasteiger charge is 2.19. The van der Waals surface area contributed by atoms with Gasteiger partial charge in [-0.1, -0.05) is 261 Å². The van der Waals surface area contributed by atoms with Crippen molar-refractivity contribution in [2.75, 3.05) is 13.2 Å². The molecule has 6 heteroatoms. The number of rotatable bonds is 53. The molecule has 0 aliphatic rings. The number of carbonyl (C=O) groups is 3. The molecule has 398 valence electrons. The van der Waals surface area contributed by atoms with Crippen LogP contribution >= 0.6 is 0 Å². The minimum absolute atomic E-state index is 0.0821. The highest BCUT2D eigenvalue weighted by molar-refractivity contribution is 5.71. The zero-order chi connectivity index (χ0) is 50.0. The van der Waals surface area contributed by atoms with Gasteiger partial charge < -0.3 is 14.2 Å². The zero-order valence-electron chi connectivity index (χ0n) is 45.6. The van der Waals surface area contributed by atoms with Crippen LogP contribution < -0.4 is 0 Å². The molecular weight excluding hydrogens is 853 g/mol. The van der Waals surface area contributed by atoms with Crippen LogP contribution in [-0.2, 0) is 28.6 Å². The van der Waals surface area contributed by atoms with E-state index in [2.05, 4.69) is 93.7 Å². The van der Waals surface area contributed by atoms with Crippen LogP contribution in [0.15, 0.2) is 72.9 Å². The van der Waals surface area contributed by atoms with Crippen LogP contribution in [0.2, 0.25) is 0 Å². The lowest BCUT2D eigenvalue weighted by Gasteiger charge is -2.18. The first-order valence-electron chi connectivity index (χ1n) is 29.4. The Balaban J connectivity index is 4.35. The van der Waals surface area contributed by atoms with E-state index >= 15 is 0 Å². The quantitative estimate of drug-likeness (QED) is 0.0262. The third-order valence-electron chi connectivity index (χ3n) is 12.7. The lowest BCUT2D eigenvalue weighted by molar-refractivity contribution is -0.167. The van der Waals surface area contributed by atoms with E-state index in [1.165, 1.54) is 135 Å². The smallest absolute Gasteiger partial charge is 0.306 e. The summed E-state index contributed by atoms with van der Waals surface area (Å²) in [4.78, 5) is 38.2. The summed E-state index contributed by atoms with van der Waals surface area (Å²) in [6.45, 7) is 6.47. The summed E-state index contributed by atoms with van der Waals surface area (Å²) in [7, 11) is 0. The van der Waals surface area contributed by atoms with Gasteiger partial charge in [-0.2, -0.15) is 0 Å². The summed E-state index contributed by atoms with van der Waals surface area (Å²) >= 11 is 0. The Morgan fingerprint density at radius 2 is 0.594 bits per heavy atom. The molecule has 0 saturated carbocycles. The van der Waals surface area contributed by atoms with Gasteiger partial charge >= 0.3 is 17.9 Å². The van der Waals surface area contributed by atoms with Gasteiger partial charge in [-0.3, -0.25) is 14.4 Å². The van der Waals surface area contributed by atoms with E-state index in [0.29, 0.717) is 19.3 Å². The Bertz CT molecular complexity index is 1290. The summed E-state index contributed by atoms with van der Waals surface area (Å²) in [5, 5.41) is 0. The number of allylic oxidation sites excluding steroid dienone is 12. The molecule has 69 heavy (non-hydrogen) atoms. The second kappa shape index (κ2) is 57.4. The van der Waals surface area contributed by atoms with Crippen LogP contribution in [0.5, 0.6) is 0 Å². The first-order chi connectivity index (χ1) is 34.0. The van der Waals surface area contributed by atoms with Crippen molar-refractivity contribution in [2.45, 2.75) is 297 Å². The summed E-state index contributed by atoms with van der Waals surface area (Å²) < 4.78 is 16.9. The molecule has 0 aliphatic carbocycles. The Hall–Kier alpha value is -3.15. The van der Waals surface area contributed by atoms with E-state index in [-0.39, 0.29) is 31.1 Å². The summed E-state index contributed by atoms with van der Waals surface area (Å²) in [6.07, 6.45) is 73.2. The van der Waals surface area contributed by atoms with Crippen LogP contribution in [0, 0.1) is 0 Å². The molecule has 0 heterocycles. The van der Waals surface area contributed by atoms with E-state index in [9.17, 15) is 14.4 Å². The molecule has 1 atom stereocenters. The third-order valence-corrected chi connectivity index (χ3v) is 12.7. The first kappa shape index (κ1) is 65.8. The van der Waals surface area contributed by atoms with Crippen molar-refractivity contribution in [1.82, 2.24) is 0 Å². The molecule has 0 rings (SSSR count). The fourth-order valence-electron chi connectivity index (χ4n) is 8.30. The van der Waals surface area contributed by atoms with Crippen LogP contribution in [-0.4, -0.2) is 37.2 Å². The molecule has 0 spiro atoms. The molecule has 0 saturated heterocycles. The topological polar surface area (TPSA) is 78.9 Å². The molecule has 0 aromatic carbocycles. The highest BCUT2D eigenvalue weighted by Crippen LogP contribution is 2.16. The SMILES string of the molecule is CC/C=C\C/C=C\C/C=C\C/C=C\CCCCCCCCCCC(=O)OCC(COC(=O)CCCCCCC/C=C\C/C=C\CCC)OC(=O)CCCCCCCCCCCCCCCCCCC. The molecule has 0 N–H and O–H groups in total. The number of esters is 3. The lowest BCUT2D eigenvalue weighted by atomic mass is 10.0. The molecule has 6 nitrogen and oxygen atoms in total. The van der Waals surface area contributed by atoms with Crippen molar-refractivity contribution in [3.8, 4) is 0 Å². The third kappa shape index (κ3) is 55.6. The van der Waals surface area contributed by atoms with Gasteiger partial charge in [-0.05, 0) is 83.5 Å².